The van der Waals surface area contributed by atoms with E-state index in [1.807, 2.05) is 18.2 Å². The summed E-state index contributed by atoms with van der Waals surface area (Å²) in [6.45, 7) is 2.96. The van der Waals surface area contributed by atoms with Crippen LogP contribution in [-0.4, -0.2) is 38.3 Å². The number of ether oxygens (including phenoxy) is 1. The fourth-order valence-corrected chi connectivity index (χ4v) is 2.93. The van der Waals surface area contributed by atoms with E-state index < -0.39 is 0 Å². The van der Waals surface area contributed by atoms with Crippen molar-refractivity contribution in [1.82, 2.24) is 5.32 Å². The van der Waals surface area contributed by atoms with Crippen molar-refractivity contribution >= 4 is 17.3 Å². The molecule has 0 atom stereocenters. The summed E-state index contributed by atoms with van der Waals surface area (Å²) in [5.41, 5.74) is 2.74. The minimum atomic E-state index is -0.0415. The number of anilines is 2. The van der Waals surface area contributed by atoms with Gasteiger partial charge in [-0.25, -0.2) is 0 Å². The van der Waals surface area contributed by atoms with Gasteiger partial charge < -0.3 is 20.7 Å². The Morgan fingerprint density at radius 3 is 2.76 bits per heavy atom. The monoisotopic (exact) mass is 289 g/mol. The molecule has 114 valence electrons. The molecule has 5 nitrogen and oxygen atoms in total. The van der Waals surface area contributed by atoms with Crippen molar-refractivity contribution in [3.05, 3.63) is 23.8 Å². The molecule has 1 fully saturated rings. The zero-order valence-corrected chi connectivity index (χ0v) is 12.3. The molecule has 1 saturated carbocycles. The number of amides is 1. The normalized spacial score (nSPS) is 17.7. The molecule has 5 heteroatoms. The highest BCUT2D eigenvalue weighted by molar-refractivity contribution is 5.96. The predicted octanol–water partition coefficient (Wildman–Crippen LogP) is 2.21. The molecule has 1 aliphatic heterocycles. The van der Waals surface area contributed by atoms with Crippen molar-refractivity contribution in [1.29, 1.82) is 0 Å². The molecule has 1 amide bonds. The van der Waals surface area contributed by atoms with Crippen molar-refractivity contribution < 1.29 is 9.53 Å². The van der Waals surface area contributed by atoms with Crippen LogP contribution in [0.15, 0.2) is 18.2 Å². The molecule has 1 aliphatic carbocycles. The maximum absolute atomic E-state index is 12.1. The van der Waals surface area contributed by atoms with E-state index in [1.165, 1.54) is 12.8 Å². The second-order valence-electron chi connectivity index (χ2n) is 5.65. The molecule has 3 N–H and O–H groups in total. The van der Waals surface area contributed by atoms with Crippen LogP contribution in [0, 0.1) is 0 Å². The third-order valence-electron chi connectivity index (χ3n) is 4.08. The van der Waals surface area contributed by atoms with E-state index in [0.717, 1.165) is 37.3 Å². The van der Waals surface area contributed by atoms with E-state index >= 15 is 0 Å². The summed E-state index contributed by atoms with van der Waals surface area (Å²) >= 11 is 0. The fourth-order valence-electron chi connectivity index (χ4n) is 2.93. The molecule has 0 aromatic heterocycles. The van der Waals surface area contributed by atoms with E-state index in [4.69, 9.17) is 4.74 Å². The third kappa shape index (κ3) is 3.67. The molecule has 0 unspecified atom stereocenters. The highest BCUT2D eigenvalue weighted by atomic mass is 16.5. The lowest BCUT2D eigenvalue weighted by Crippen LogP contribution is -2.29. The maximum atomic E-state index is 12.1. The number of carbonyl (C=O) groups is 1. The molecule has 0 spiro atoms. The zero-order valence-electron chi connectivity index (χ0n) is 12.3. The number of hydrogen-bond acceptors (Lipinski definition) is 4. The van der Waals surface area contributed by atoms with Crippen LogP contribution < -0.4 is 16.0 Å². The first-order chi connectivity index (χ1) is 10.3. The average molecular weight is 289 g/mol. The topological polar surface area (TPSA) is 62.4 Å². The molecule has 21 heavy (non-hydrogen) atoms. The van der Waals surface area contributed by atoms with Gasteiger partial charge in [-0.05, 0) is 31.0 Å². The van der Waals surface area contributed by atoms with Gasteiger partial charge in [-0.3, -0.25) is 4.79 Å². The third-order valence-corrected chi connectivity index (χ3v) is 4.08. The highest BCUT2D eigenvalue weighted by Crippen LogP contribution is 2.25. The first-order valence-electron chi connectivity index (χ1n) is 7.84. The number of benzene rings is 1. The minimum absolute atomic E-state index is 0.0415. The average Bonchev–Trinajstić information content (AvgIpc) is 3.04. The Morgan fingerprint density at radius 2 is 1.95 bits per heavy atom. The lowest BCUT2D eigenvalue weighted by molar-refractivity contribution is 0.0582. The molecule has 1 aromatic carbocycles. The number of rotatable bonds is 5. The van der Waals surface area contributed by atoms with Gasteiger partial charge in [0.25, 0.3) is 5.91 Å². The van der Waals surface area contributed by atoms with Crippen LogP contribution in [0.25, 0.3) is 0 Å². The van der Waals surface area contributed by atoms with Gasteiger partial charge in [0.05, 0.1) is 24.1 Å². The fraction of sp³-hybridized carbons (Fsp3) is 0.562. The quantitative estimate of drug-likeness (QED) is 0.727. The van der Waals surface area contributed by atoms with E-state index in [1.54, 1.807) is 0 Å². The summed E-state index contributed by atoms with van der Waals surface area (Å²) in [5, 5.41) is 9.51. The van der Waals surface area contributed by atoms with Crippen LogP contribution in [-0.2, 0) is 4.74 Å². The Kier molecular flexibility index (Phi) is 4.60. The number of carbonyl (C=O) groups excluding carboxylic acids is 1. The van der Waals surface area contributed by atoms with Gasteiger partial charge >= 0.3 is 0 Å². The SMILES string of the molecule is O=C(NCCOC1CCCC1)c1ccc2c(c1)NCCN2. The van der Waals surface area contributed by atoms with Crippen molar-refractivity contribution in [3.8, 4) is 0 Å². The number of fused-ring (bicyclic) bond motifs is 1. The van der Waals surface area contributed by atoms with Gasteiger partial charge in [0.2, 0.25) is 0 Å². The number of nitrogens with one attached hydrogen (secondary N) is 3. The first-order valence-corrected chi connectivity index (χ1v) is 7.84. The van der Waals surface area contributed by atoms with Crippen LogP contribution in [0.5, 0.6) is 0 Å². The zero-order chi connectivity index (χ0) is 14.5. The molecule has 1 heterocycles. The molecular formula is C16H23N3O2. The summed E-state index contributed by atoms with van der Waals surface area (Å²) in [5.74, 6) is -0.0415. The van der Waals surface area contributed by atoms with Crippen molar-refractivity contribution in [2.45, 2.75) is 31.8 Å². The van der Waals surface area contributed by atoms with Gasteiger partial charge in [0.1, 0.15) is 0 Å². The standard InChI is InChI=1S/C16H23N3O2/c20-16(19-9-10-21-13-3-1-2-4-13)12-5-6-14-15(11-12)18-8-7-17-14/h5-6,11,13,17-18H,1-4,7-10H2,(H,19,20). The molecule has 2 aliphatic rings. The first kappa shape index (κ1) is 14.2. The lowest BCUT2D eigenvalue weighted by Gasteiger charge is -2.20. The number of hydrogen-bond donors (Lipinski definition) is 3. The van der Waals surface area contributed by atoms with E-state index in [-0.39, 0.29) is 5.91 Å². The van der Waals surface area contributed by atoms with Crippen molar-refractivity contribution in [2.24, 2.45) is 0 Å². The Balaban J connectivity index is 1.46. The largest absolute Gasteiger partial charge is 0.382 e. The second-order valence-corrected chi connectivity index (χ2v) is 5.65. The molecule has 1 aromatic rings. The second kappa shape index (κ2) is 6.80. The van der Waals surface area contributed by atoms with Gasteiger partial charge in [-0.1, -0.05) is 12.8 Å². The summed E-state index contributed by atoms with van der Waals surface area (Å²) in [6.07, 6.45) is 5.27. The van der Waals surface area contributed by atoms with Gasteiger partial charge in [-0.15, -0.1) is 0 Å². The predicted molar refractivity (Wildman–Crippen MR) is 84.0 cm³/mol. The van der Waals surface area contributed by atoms with Gasteiger partial charge in [0, 0.05) is 25.2 Å². The highest BCUT2D eigenvalue weighted by Gasteiger charge is 2.15. The molecule has 0 saturated heterocycles. The van der Waals surface area contributed by atoms with E-state index in [2.05, 4.69) is 16.0 Å². The van der Waals surface area contributed by atoms with Crippen LogP contribution in [0.1, 0.15) is 36.0 Å². The minimum Gasteiger partial charge on any atom is -0.382 e. The van der Waals surface area contributed by atoms with Crippen LogP contribution in [0.2, 0.25) is 0 Å². The molecule has 0 radical (unpaired) electrons. The molecule has 3 rings (SSSR count). The summed E-state index contributed by atoms with van der Waals surface area (Å²) in [6, 6.07) is 5.70. The van der Waals surface area contributed by atoms with Gasteiger partial charge in [0.15, 0.2) is 0 Å². The Hall–Kier alpha value is -1.75. The molecule has 0 bridgehead atoms. The smallest absolute Gasteiger partial charge is 0.251 e. The van der Waals surface area contributed by atoms with Crippen molar-refractivity contribution in [3.63, 3.8) is 0 Å². The van der Waals surface area contributed by atoms with E-state index in [9.17, 15) is 4.79 Å². The van der Waals surface area contributed by atoms with Crippen LogP contribution in [0.3, 0.4) is 0 Å². The van der Waals surface area contributed by atoms with E-state index in [0.29, 0.717) is 24.8 Å². The van der Waals surface area contributed by atoms with Crippen molar-refractivity contribution in [2.75, 3.05) is 36.9 Å². The summed E-state index contributed by atoms with van der Waals surface area (Å²) in [4.78, 5) is 12.1. The maximum Gasteiger partial charge on any atom is 0.251 e. The van der Waals surface area contributed by atoms with Crippen LogP contribution >= 0.6 is 0 Å². The Bertz CT molecular complexity index is 498. The summed E-state index contributed by atoms with van der Waals surface area (Å²) in [7, 11) is 0. The summed E-state index contributed by atoms with van der Waals surface area (Å²) < 4.78 is 5.74. The Morgan fingerprint density at radius 1 is 1.19 bits per heavy atom. The molecular weight excluding hydrogens is 266 g/mol. The van der Waals surface area contributed by atoms with Crippen LogP contribution in [0.4, 0.5) is 11.4 Å². The van der Waals surface area contributed by atoms with Gasteiger partial charge in [-0.2, -0.15) is 0 Å². The lowest BCUT2D eigenvalue weighted by atomic mass is 10.1. The Labute approximate surface area is 125 Å².